The van der Waals surface area contributed by atoms with Crippen LogP contribution in [0, 0.1) is 24.5 Å². The molecule has 0 unspecified atom stereocenters. The molecule has 3 N–H and O–H groups in total. The van der Waals surface area contributed by atoms with Gasteiger partial charge < -0.3 is 34.6 Å². The first-order valence-corrected chi connectivity index (χ1v) is 24.7. The summed E-state index contributed by atoms with van der Waals surface area (Å²) in [5, 5.41) is 12.3. The Hall–Kier alpha value is -6.84. The van der Waals surface area contributed by atoms with Crippen molar-refractivity contribution in [2.75, 3.05) is 82.7 Å². The van der Waals surface area contributed by atoms with Crippen LogP contribution in [0.15, 0.2) is 29.2 Å². The molecular weight excluding hydrogens is 919 g/mol. The fraction of sp³-hybridized carbons (Fsp3) is 0.551. The van der Waals surface area contributed by atoms with Gasteiger partial charge in [0.05, 0.1) is 16.5 Å². The van der Waals surface area contributed by atoms with Gasteiger partial charge in [-0.05, 0) is 101 Å². The number of carbonyl (C=O) groups excluding carboxylic acids is 4. The quantitative estimate of drug-likeness (QED) is 0.165. The van der Waals surface area contributed by atoms with Crippen LogP contribution in [0.5, 0.6) is 0 Å². The van der Waals surface area contributed by atoms with Gasteiger partial charge in [0, 0.05) is 96.2 Å². The second-order valence-electron chi connectivity index (χ2n) is 20.5. The molecule has 5 amide bonds. The number of imide groups is 1. The molecule has 4 saturated heterocycles. The molecule has 0 spiro atoms. The number of nitrogen functional groups attached to an aromatic ring is 1. The van der Waals surface area contributed by atoms with Gasteiger partial charge in [-0.1, -0.05) is 5.16 Å². The number of fused-ring (bicyclic) bond motifs is 1. The highest BCUT2D eigenvalue weighted by Crippen LogP contribution is 2.48. The number of anilines is 2. The van der Waals surface area contributed by atoms with Crippen LogP contribution >= 0.6 is 0 Å². The lowest BCUT2D eigenvalue weighted by atomic mass is 9.89. The molecule has 0 atom stereocenters. The number of carbonyl (C=O) groups is 4. The van der Waals surface area contributed by atoms with Crippen molar-refractivity contribution in [3.05, 3.63) is 58.9 Å². The molecule has 0 radical (unpaired) electrons. The molecule has 4 aliphatic heterocycles. The van der Waals surface area contributed by atoms with Crippen LogP contribution in [0.2, 0.25) is 0 Å². The average molecular weight is 979 g/mol. The van der Waals surface area contributed by atoms with Gasteiger partial charge >= 0.3 is 12.1 Å². The second kappa shape index (κ2) is 19.4. The SMILES string of the molecule is Cc1nc(-c2c(-c3nn(C(C)(C)C)c4ncnc(N)c34)noc2C2CC2)ncc1C1CCN(C(=O)OCC(=O)N2CCC(CN3CCN(c4c(F)cc(CN5CCC(=O)NC5=O)cc4F)CC3)CC2)CC1. The van der Waals surface area contributed by atoms with Gasteiger partial charge in [-0.15, -0.1) is 0 Å². The largest absolute Gasteiger partial charge is 0.439 e. The number of nitrogens with two attached hydrogens (primary N) is 1. The average Bonchev–Trinajstić information content (AvgIpc) is 3.96. The summed E-state index contributed by atoms with van der Waals surface area (Å²) in [4.78, 5) is 77.5. The van der Waals surface area contributed by atoms with Crippen molar-refractivity contribution in [3.8, 4) is 22.8 Å². The topological polar surface area (TPSA) is 227 Å². The van der Waals surface area contributed by atoms with Gasteiger partial charge in [0.1, 0.15) is 40.9 Å². The molecule has 5 aliphatic rings. The smallest absolute Gasteiger partial charge is 0.410 e. The zero-order valence-corrected chi connectivity index (χ0v) is 40.6. The van der Waals surface area contributed by atoms with E-state index in [0.717, 1.165) is 49.2 Å². The van der Waals surface area contributed by atoms with E-state index in [1.54, 1.807) is 14.7 Å². The molecular formula is C49H60F2N14O6. The zero-order valence-electron chi connectivity index (χ0n) is 40.6. The number of rotatable bonds is 11. The number of amides is 5. The molecule has 71 heavy (non-hydrogen) atoms. The van der Waals surface area contributed by atoms with E-state index in [0.29, 0.717) is 116 Å². The Morgan fingerprint density at radius 1 is 0.873 bits per heavy atom. The molecule has 5 aromatic rings. The second-order valence-corrected chi connectivity index (χ2v) is 20.5. The Morgan fingerprint density at radius 3 is 2.24 bits per heavy atom. The number of benzene rings is 1. The number of halogens is 2. The number of nitrogens with one attached hydrogen (secondary N) is 1. The van der Waals surface area contributed by atoms with Crippen molar-refractivity contribution in [3.63, 3.8) is 0 Å². The fourth-order valence-corrected chi connectivity index (χ4v) is 10.5. The van der Waals surface area contributed by atoms with E-state index in [9.17, 15) is 19.2 Å². The molecule has 20 nitrogen and oxygen atoms in total. The summed E-state index contributed by atoms with van der Waals surface area (Å²) in [6.07, 6.45) is 7.87. The van der Waals surface area contributed by atoms with Crippen molar-refractivity contribution in [2.45, 2.75) is 96.6 Å². The minimum absolute atomic E-state index is 0.00152. The van der Waals surface area contributed by atoms with Crippen LogP contribution in [0.1, 0.15) is 100 Å². The Morgan fingerprint density at radius 2 is 1.58 bits per heavy atom. The fourth-order valence-electron chi connectivity index (χ4n) is 10.5. The van der Waals surface area contributed by atoms with E-state index >= 15 is 8.78 Å². The maximum absolute atomic E-state index is 15.3. The minimum atomic E-state index is -0.681. The van der Waals surface area contributed by atoms with Gasteiger partial charge in [0.15, 0.2) is 23.8 Å². The Balaban J connectivity index is 0.676. The third-order valence-corrected chi connectivity index (χ3v) is 14.5. The number of piperidine rings is 2. The van der Waals surface area contributed by atoms with Crippen LogP contribution in [-0.4, -0.2) is 150 Å². The van der Waals surface area contributed by atoms with E-state index in [1.807, 2.05) is 38.6 Å². The zero-order chi connectivity index (χ0) is 49.7. The van der Waals surface area contributed by atoms with Crippen molar-refractivity contribution in [1.82, 2.24) is 59.8 Å². The van der Waals surface area contributed by atoms with Crippen molar-refractivity contribution >= 4 is 46.5 Å². The molecule has 22 heteroatoms. The summed E-state index contributed by atoms with van der Waals surface area (Å²) < 4.78 is 44.0. The molecule has 1 aliphatic carbocycles. The third kappa shape index (κ3) is 9.94. The van der Waals surface area contributed by atoms with Crippen LogP contribution in [0.25, 0.3) is 33.8 Å². The minimum Gasteiger partial charge on any atom is -0.439 e. The van der Waals surface area contributed by atoms with Crippen molar-refractivity contribution in [1.29, 1.82) is 0 Å². The maximum atomic E-state index is 15.3. The van der Waals surface area contributed by atoms with Crippen LogP contribution < -0.4 is 16.0 Å². The highest BCUT2D eigenvalue weighted by molar-refractivity contribution is 6.00. The van der Waals surface area contributed by atoms with Gasteiger partial charge in [-0.25, -0.2) is 43.0 Å². The van der Waals surface area contributed by atoms with E-state index in [1.165, 1.54) is 23.4 Å². The van der Waals surface area contributed by atoms with Crippen molar-refractivity contribution < 1.29 is 37.2 Å². The van der Waals surface area contributed by atoms with Crippen LogP contribution in [0.3, 0.4) is 0 Å². The monoisotopic (exact) mass is 978 g/mol. The first-order chi connectivity index (χ1) is 34.1. The molecule has 5 fully saturated rings. The Labute approximate surface area is 409 Å². The van der Waals surface area contributed by atoms with Gasteiger partial charge in [-0.2, -0.15) is 5.10 Å². The maximum Gasteiger partial charge on any atom is 0.410 e. The molecule has 1 saturated carbocycles. The Kier molecular flexibility index (Phi) is 13.1. The van der Waals surface area contributed by atoms with Crippen molar-refractivity contribution in [2.24, 2.45) is 5.92 Å². The number of aromatic nitrogens is 7. The molecule has 0 bridgehead atoms. The summed E-state index contributed by atoms with van der Waals surface area (Å²) in [6.45, 7) is 13.0. The first-order valence-electron chi connectivity index (χ1n) is 24.7. The molecule has 10 rings (SSSR count). The number of nitrogens with zero attached hydrogens (tertiary/aromatic N) is 12. The molecule has 1 aromatic carbocycles. The normalized spacial score (nSPS) is 19.0. The number of aryl methyl sites for hydroxylation is 1. The summed E-state index contributed by atoms with van der Waals surface area (Å²) in [7, 11) is 0. The number of hydrogen-bond acceptors (Lipinski definition) is 15. The first kappa shape index (κ1) is 47.8. The number of urea groups is 1. The molecule has 376 valence electrons. The van der Waals surface area contributed by atoms with E-state index in [-0.39, 0.29) is 55.5 Å². The highest BCUT2D eigenvalue weighted by Gasteiger charge is 2.38. The van der Waals surface area contributed by atoms with E-state index in [4.69, 9.17) is 30.1 Å². The number of hydrogen-bond donors (Lipinski definition) is 2. The summed E-state index contributed by atoms with van der Waals surface area (Å²) in [6, 6.07) is 1.94. The molecule has 8 heterocycles. The van der Waals surface area contributed by atoms with Crippen LogP contribution in [-0.2, 0) is 26.4 Å². The number of piperazine rings is 1. The van der Waals surface area contributed by atoms with E-state index in [2.05, 4.69) is 25.3 Å². The lowest BCUT2D eigenvalue weighted by Crippen LogP contribution is -2.50. The van der Waals surface area contributed by atoms with Gasteiger partial charge in [-0.3, -0.25) is 19.8 Å². The predicted molar refractivity (Wildman–Crippen MR) is 256 cm³/mol. The highest BCUT2D eigenvalue weighted by atomic mass is 19.1. The van der Waals surface area contributed by atoms with E-state index < -0.39 is 29.3 Å². The van der Waals surface area contributed by atoms with Gasteiger partial charge in [0.2, 0.25) is 5.91 Å². The number of ether oxygens (including phenoxy) is 1. The van der Waals surface area contributed by atoms with Gasteiger partial charge in [0.25, 0.3) is 5.91 Å². The third-order valence-electron chi connectivity index (χ3n) is 14.5. The lowest BCUT2D eigenvalue weighted by molar-refractivity contribution is -0.136. The summed E-state index contributed by atoms with van der Waals surface area (Å²) in [5.74, 6) is 0.252. The Bertz CT molecular complexity index is 2830. The summed E-state index contributed by atoms with van der Waals surface area (Å²) >= 11 is 0. The predicted octanol–water partition coefficient (Wildman–Crippen LogP) is 5.56. The standard InChI is InChI=1S/C49H60F2N14O6/c1-28-33(23-53-45(56-28)38-41(59-71-43(38)32-5-6-32)40-39-44(52)54-27-55-46(39)65(58-40)49(2,3)4)31-9-14-63(15-10-31)48(69)70-26-37(67)61-12-7-29(8-13-61)24-60-17-19-62(20-18-60)42-34(50)21-30(22-35(42)51)25-64-16-11-36(66)57-47(64)68/h21-23,27,29,31-32H,5-20,24-26H2,1-4H3,(H2,52,54,55)(H,57,66,68). The lowest BCUT2D eigenvalue weighted by Gasteiger charge is -2.39. The van der Waals surface area contributed by atoms with Crippen LogP contribution in [0.4, 0.5) is 29.9 Å². The summed E-state index contributed by atoms with van der Waals surface area (Å²) in [5.41, 5.74) is 10.4. The molecule has 4 aromatic heterocycles. The number of likely N-dealkylation sites (tertiary alicyclic amines) is 2.